The summed E-state index contributed by atoms with van der Waals surface area (Å²) < 4.78 is 7.59. The SMILES string of the molecule is CCNC(=NCc1ncnn1C)NCCOc1cccc(C(C)(C)C)c1.I. The van der Waals surface area contributed by atoms with Crippen LogP contribution in [0, 0.1) is 0 Å². The van der Waals surface area contributed by atoms with Crippen LogP contribution in [0.15, 0.2) is 35.6 Å². The maximum absolute atomic E-state index is 5.87. The normalized spacial score (nSPS) is 11.7. The Hall–Kier alpha value is -1.84. The van der Waals surface area contributed by atoms with Gasteiger partial charge in [0.1, 0.15) is 31.1 Å². The molecule has 150 valence electrons. The van der Waals surface area contributed by atoms with Crippen molar-refractivity contribution in [3.05, 3.63) is 42.0 Å². The van der Waals surface area contributed by atoms with Gasteiger partial charge >= 0.3 is 0 Å². The summed E-state index contributed by atoms with van der Waals surface area (Å²) in [5.41, 5.74) is 1.38. The fraction of sp³-hybridized carbons (Fsp3) is 0.526. The van der Waals surface area contributed by atoms with E-state index in [1.165, 1.54) is 11.9 Å². The zero-order valence-electron chi connectivity index (χ0n) is 16.8. The van der Waals surface area contributed by atoms with Crippen molar-refractivity contribution in [3.63, 3.8) is 0 Å². The van der Waals surface area contributed by atoms with Crippen molar-refractivity contribution in [2.24, 2.45) is 12.0 Å². The Morgan fingerprint density at radius 3 is 2.67 bits per heavy atom. The first-order valence-electron chi connectivity index (χ1n) is 8.98. The van der Waals surface area contributed by atoms with E-state index in [9.17, 15) is 0 Å². The van der Waals surface area contributed by atoms with Crippen molar-refractivity contribution >= 4 is 29.9 Å². The van der Waals surface area contributed by atoms with Crippen molar-refractivity contribution in [1.29, 1.82) is 0 Å². The summed E-state index contributed by atoms with van der Waals surface area (Å²) in [5, 5.41) is 10.5. The Bertz CT molecular complexity index is 723. The lowest BCUT2D eigenvalue weighted by Gasteiger charge is -2.20. The quantitative estimate of drug-likeness (QED) is 0.273. The molecular formula is C19H31IN6O. The van der Waals surface area contributed by atoms with Crippen LogP contribution >= 0.6 is 24.0 Å². The van der Waals surface area contributed by atoms with Gasteiger partial charge in [0.2, 0.25) is 0 Å². The minimum Gasteiger partial charge on any atom is -0.492 e. The highest BCUT2D eigenvalue weighted by Gasteiger charge is 2.13. The zero-order chi connectivity index (χ0) is 19.0. The lowest BCUT2D eigenvalue weighted by Crippen LogP contribution is -2.39. The van der Waals surface area contributed by atoms with E-state index in [-0.39, 0.29) is 29.4 Å². The number of guanidine groups is 1. The second-order valence-corrected chi connectivity index (χ2v) is 7.05. The number of halogens is 1. The van der Waals surface area contributed by atoms with Gasteiger partial charge in [-0.1, -0.05) is 32.9 Å². The van der Waals surface area contributed by atoms with E-state index in [1.54, 1.807) is 4.68 Å². The Morgan fingerprint density at radius 2 is 2.04 bits per heavy atom. The van der Waals surface area contributed by atoms with E-state index < -0.39 is 0 Å². The minimum atomic E-state index is 0. The van der Waals surface area contributed by atoms with Gasteiger partial charge in [-0.15, -0.1) is 24.0 Å². The number of nitrogens with one attached hydrogen (secondary N) is 2. The van der Waals surface area contributed by atoms with Gasteiger partial charge in [0.15, 0.2) is 5.96 Å². The van der Waals surface area contributed by atoms with Gasteiger partial charge in [-0.2, -0.15) is 5.10 Å². The summed E-state index contributed by atoms with van der Waals surface area (Å²) in [4.78, 5) is 8.70. The summed E-state index contributed by atoms with van der Waals surface area (Å²) in [6, 6.07) is 8.26. The van der Waals surface area contributed by atoms with Gasteiger partial charge in [-0.25, -0.2) is 9.98 Å². The van der Waals surface area contributed by atoms with Gasteiger partial charge in [0, 0.05) is 13.6 Å². The molecule has 0 aliphatic carbocycles. The molecule has 8 heteroatoms. The van der Waals surface area contributed by atoms with Gasteiger partial charge < -0.3 is 15.4 Å². The van der Waals surface area contributed by atoms with Crippen LogP contribution in [0.3, 0.4) is 0 Å². The molecule has 0 saturated carbocycles. The standard InChI is InChI=1S/C19H30N6O.HI/c1-6-20-18(22-13-17-23-14-24-25(17)5)21-10-11-26-16-9-7-8-15(12-16)19(2,3)4;/h7-9,12,14H,6,10-11,13H2,1-5H3,(H2,20,21,22);1H. The van der Waals surface area contributed by atoms with E-state index in [2.05, 4.69) is 58.6 Å². The molecule has 7 nitrogen and oxygen atoms in total. The van der Waals surface area contributed by atoms with Gasteiger partial charge in [0.05, 0.1) is 6.54 Å². The van der Waals surface area contributed by atoms with Gasteiger partial charge in [-0.05, 0) is 30.0 Å². The third-order valence-electron chi connectivity index (χ3n) is 3.89. The molecule has 1 heterocycles. The topological polar surface area (TPSA) is 76.4 Å². The molecule has 0 radical (unpaired) electrons. The Balaban J connectivity index is 0.00000364. The molecule has 0 unspecified atom stereocenters. The molecule has 0 aliphatic heterocycles. The van der Waals surface area contributed by atoms with Crippen LogP contribution in [0.4, 0.5) is 0 Å². The molecule has 1 aromatic heterocycles. The fourth-order valence-electron chi connectivity index (χ4n) is 2.35. The van der Waals surface area contributed by atoms with Crippen molar-refractivity contribution in [1.82, 2.24) is 25.4 Å². The highest BCUT2D eigenvalue weighted by atomic mass is 127. The number of benzene rings is 1. The number of nitrogens with zero attached hydrogens (tertiary/aromatic N) is 4. The van der Waals surface area contributed by atoms with Crippen molar-refractivity contribution < 1.29 is 4.74 Å². The molecule has 2 rings (SSSR count). The summed E-state index contributed by atoms with van der Waals surface area (Å²) in [7, 11) is 1.86. The first kappa shape index (κ1) is 23.2. The molecular weight excluding hydrogens is 455 g/mol. The number of rotatable bonds is 7. The lowest BCUT2D eigenvalue weighted by atomic mass is 9.87. The van der Waals surface area contributed by atoms with Crippen molar-refractivity contribution in [2.45, 2.75) is 39.7 Å². The molecule has 0 atom stereocenters. The molecule has 0 amide bonds. The van der Waals surface area contributed by atoms with Crippen LogP contribution < -0.4 is 15.4 Å². The number of aromatic nitrogens is 3. The summed E-state index contributed by atoms with van der Waals surface area (Å²) in [6.07, 6.45) is 1.53. The molecule has 0 bridgehead atoms. The van der Waals surface area contributed by atoms with Crippen LogP contribution in [-0.2, 0) is 19.0 Å². The average Bonchev–Trinajstić information content (AvgIpc) is 3.01. The Morgan fingerprint density at radius 1 is 1.26 bits per heavy atom. The number of aliphatic imine (C=N–C) groups is 1. The second kappa shape index (κ2) is 11.1. The summed E-state index contributed by atoms with van der Waals surface area (Å²) in [6.45, 7) is 11.1. The minimum absolute atomic E-state index is 0. The number of hydrogen-bond donors (Lipinski definition) is 2. The van der Waals surface area contributed by atoms with Crippen LogP contribution in [0.5, 0.6) is 5.75 Å². The molecule has 2 N–H and O–H groups in total. The Kier molecular flexibility index (Phi) is 9.54. The molecule has 0 fully saturated rings. The third kappa shape index (κ3) is 7.74. The molecule has 2 aromatic rings. The van der Waals surface area contributed by atoms with E-state index >= 15 is 0 Å². The fourth-order valence-corrected chi connectivity index (χ4v) is 2.35. The second-order valence-electron chi connectivity index (χ2n) is 7.05. The predicted octanol–water partition coefficient (Wildman–Crippen LogP) is 2.86. The summed E-state index contributed by atoms with van der Waals surface area (Å²) in [5.74, 6) is 2.44. The highest BCUT2D eigenvalue weighted by Crippen LogP contribution is 2.25. The van der Waals surface area contributed by atoms with E-state index in [4.69, 9.17) is 4.74 Å². The van der Waals surface area contributed by atoms with Crippen molar-refractivity contribution in [2.75, 3.05) is 19.7 Å². The third-order valence-corrected chi connectivity index (χ3v) is 3.89. The van der Waals surface area contributed by atoms with Crippen LogP contribution in [-0.4, -0.2) is 40.4 Å². The molecule has 0 aliphatic rings. The largest absolute Gasteiger partial charge is 0.492 e. The smallest absolute Gasteiger partial charge is 0.191 e. The van der Waals surface area contributed by atoms with Crippen LogP contribution in [0.25, 0.3) is 0 Å². The van der Waals surface area contributed by atoms with Crippen LogP contribution in [0.1, 0.15) is 39.1 Å². The first-order valence-corrected chi connectivity index (χ1v) is 8.98. The molecule has 1 aromatic carbocycles. The van der Waals surface area contributed by atoms with Crippen molar-refractivity contribution in [3.8, 4) is 5.75 Å². The van der Waals surface area contributed by atoms with Gasteiger partial charge in [0.25, 0.3) is 0 Å². The number of hydrogen-bond acceptors (Lipinski definition) is 4. The predicted molar refractivity (Wildman–Crippen MR) is 120 cm³/mol. The maximum Gasteiger partial charge on any atom is 0.191 e. The zero-order valence-corrected chi connectivity index (χ0v) is 19.2. The van der Waals surface area contributed by atoms with E-state index in [0.29, 0.717) is 19.7 Å². The molecule has 0 spiro atoms. The maximum atomic E-state index is 5.87. The van der Waals surface area contributed by atoms with Gasteiger partial charge in [-0.3, -0.25) is 4.68 Å². The first-order chi connectivity index (χ1) is 12.4. The molecule has 27 heavy (non-hydrogen) atoms. The lowest BCUT2D eigenvalue weighted by molar-refractivity contribution is 0.321. The number of ether oxygens (including phenoxy) is 1. The highest BCUT2D eigenvalue weighted by molar-refractivity contribution is 14.0. The molecule has 0 saturated heterocycles. The average molecular weight is 486 g/mol. The number of aryl methyl sites for hydroxylation is 1. The Labute approximate surface area is 179 Å². The van der Waals surface area contributed by atoms with E-state index in [1.807, 2.05) is 26.1 Å². The summed E-state index contributed by atoms with van der Waals surface area (Å²) >= 11 is 0. The monoisotopic (exact) mass is 486 g/mol. The van der Waals surface area contributed by atoms with Crippen LogP contribution in [0.2, 0.25) is 0 Å². The van der Waals surface area contributed by atoms with E-state index in [0.717, 1.165) is 24.1 Å².